The first kappa shape index (κ1) is 26.2. The van der Waals surface area contributed by atoms with Crippen molar-refractivity contribution >= 4 is 23.1 Å². The standard InChI is InChI=1S/C24H38O4/c1-7-8-9-10-18(4)14-23(27)20(6)16-24(28)19(5)15-22(26)12-11-21(25)13-17(2)3/h7,18-20H,1-2,8-16H2,3-6H3/t18-,19-,20-/m1/s1. The molecule has 0 aliphatic rings. The highest BCUT2D eigenvalue weighted by atomic mass is 16.1. The molecule has 0 aliphatic heterocycles. The van der Waals surface area contributed by atoms with E-state index in [0.717, 1.165) is 24.8 Å². The minimum absolute atomic E-state index is 0.00117. The molecule has 0 spiro atoms. The summed E-state index contributed by atoms with van der Waals surface area (Å²) in [5, 5.41) is 0. The Bertz CT molecular complexity index is 573. The number of hydrogen-bond donors (Lipinski definition) is 0. The van der Waals surface area contributed by atoms with Crippen LogP contribution in [0.15, 0.2) is 24.8 Å². The predicted octanol–water partition coefficient (Wildman–Crippen LogP) is 5.44. The summed E-state index contributed by atoms with van der Waals surface area (Å²) >= 11 is 0. The number of unbranched alkanes of at least 4 members (excludes halogenated alkanes) is 1. The van der Waals surface area contributed by atoms with Crippen LogP contribution in [0.2, 0.25) is 0 Å². The van der Waals surface area contributed by atoms with Gasteiger partial charge in [-0.05, 0) is 32.1 Å². The highest BCUT2D eigenvalue weighted by molar-refractivity contribution is 5.92. The number of hydrogen-bond acceptors (Lipinski definition) is 4. The first-order chi connectivity index (χ1) is 13.1. The molecule has 0 saturated heterocycles. The number of ketones is 4. The SMILES string of the molecule is C=CCCC[C@@H](C)CC(=O)[C@H](C)CC(=O)[C@H](C)CC(=O)CCC(=O)CC(=C)C. The molecule has 158 valence electrons. The van der Waals surface area contributed by atoms with E-state index in [4.69, 9.17) is 0 Å². The summed E-state index contributed by atoms with van der Waals surface area (Å²) in [6.45, 7) is 14.8. The van der Waals surface area contributed by atoms with Gasteiger partial charge >= 0.3 is 0 Å². The third kappa shape index (κ3) is 12.5. The van der Waals surface area contributed by atoms with Gasteiger partial charge in [0.05, 0.1) is 0 Å². The summed E-state index contributed by atoms with van der Waals surface area (Å²) in [4.78, 5) is 48.4. The second kappa shape index (κ2) is 14.2. The van der Waals surface area contributed by atoms with Crippen molar-refractivity contribution in [1.82, 2.24) is 0 Å². The predicted molar refractivity (Wildman–Crippen MR) is 114 cm³/mol. The first-order valence-corrected chi connectivity index (χ1v) is 10.4. The Kier molecular flexibility index (Phi) is 13.3. The zero-order valence-electron chi connectivity index (χ0n) is 18.2. The molecule has 0 aromatic heterocycles. The van der Waals surface area contributed by atoms with E-state index in [0.29, 0.717) is 18.8 Å². The van der Waals surface area contributed by atoms with Crippen molar-refractivity contribution in [3.8, 4) is 0 Å². The zero-order valence-corrected chi connectivity index (χ0v) is 18.2. The van der Waals surface area contributed by atoms with E-state index < -0.39 is 5.92 Å². The average Bonchev–Trinajstić information content (AvgIpc) is 2.59. The molecule has 0 saturated carbocycles. The lowest BCUT2D eigenvalue weighted by atomic mass is 9.87. The molecule has 0 amide bonds. The molecule has 0 radical (unpaired) electrons. The summed E-state index contributed by atoms with van der Waals surface area (Å²) in [5.41, 5.74) is 0.787. The quantitative estimate of drug-likeness (QED) is 0.245. The minimum Gasteiger partial charge on any atom is -0.300 e. The fraction of sp³-hybridized carbons (Fsp3) is 0.667. The zero-order chi connectivity index (χ0) is 21.7. The fourth-order valence-electron chi connectivity index (χ4n) is 3.14. The largest absolute Gasteiger partial charge is 0.300 e. The summed E-state index contributed by atoms with van der Waals surface area (Å²) in [5.74, 6) is -0.439. The normalized spacial score (nSPS) is 14.0. The van der Waals surface area contributed by atoms with Crippen LogP contribution in [-0.2, 0) is 19.2 Å². The van der Waals surface area contributed by atoms with Crippen molar-refractivity contribution in [1.29, 1.82) is 0 Å². The second-order valence-corrected chi connectivity index (χ2v) is 8.38. The maximum Gasteiger partial charge on any atom is 0.137 e. The Hall–Kier alpha value is -1.84. The summed E-state index contributed by atoms with van der Waals surface area (Å²) in [7, 11) is 0. The van der Waals surface area contributed by atoms with E-state index in [1.54, 1.807) is 20.8 Å². The highest BCUT2D eigenvalue weighted by Gasteiger charge is 2.23. The lowest BCUT2D eigenvalue weighted by Gasteiger charge is -2.16. The van der Waals surface area contributed by atoms with Gasteiger partial charge in [-0.3, -0.25) is 19.2 Å². The van der Waals surface area contributed by atoms with Crippen LogP contribution in [0.25, 0.3) is 0 Å². The maximum absolute atomic E-state index is 12.4. The van der Waals surface area contributed by atoms with Gasteiger partial charge < -0.3 is 0 Å². The molecule has 0 fully saturated rings. The monoisotopic (exact) mass is 390 g/mol. The van der Waals surface area contributed by atoms with Gasteiger partial charge in [0, 0.05) is 50.4 Å². The van der Waals surface area contributed by atoms with Crippen molar-refractivity contribution < 1.29 is 19.2 Å². The van der Waals surface area contributed by atoms with E-state index in [1.807, 2.05) is 6.08 Å². The number of carbonyl (C=O) groups is 4. The molecule has 0 unspecified atom stereocenters. The molecule has 0 N–H and O–H groups in total. The lowest BCUT2D eigenvalue weighted by molar-refractivity contribution is -0.131. The molecule has 4 nitrogen and oxygen atoms in total. The van der Waals surface area contributed by atoms with Crippen molar-refractivity contribution in [2.45, 2.75) is 85.5 Å². The van der Waals surface area contributed by atoms with Crippen molar-refractivity contribution in [2.24, 2.45) is 17.8 Å². The Labute approximate surface area is 170 Å². The number of carbonyl (C=O) groups excluding carboxylic acids is 4. The van der Waals surface area contributed by atoms with Gasteiger partial charge in [0.2, 0.25) is 0 Å². The number of Topliss-reactive ketones (excluding diaryl/α,β-unsaturated/α-hetero) is 4. The van der Waals surface area contributed by atoms with E-state index in [-0.39, 0.29) is 54.7 Å². The molecule has 0 aliphatic carbocycles. The van der Waals surface area contributed by atoms with E-state index in [2.05, 4.69) is 20.1 Å². The van der Waals surface area contributed by atoms with Crippen LogP contribution < -0.4 is 0 Å². The molecule has 0 bridgehead atoms. The third-order valence-electron chi connectivity index (χ3n) is 4.98. The van der Waals surface area contributed by atoms with Crippen LogP contribution in [0.1, 0.15) is 85.5 Å². The molecular formula is C24H38O4. The summed E-state index contributed by atoms with van der Waals surface area (Å²) in [6.07, 6.45) is 6.32. The second-order valence-electron chi connectivity index (χ2n) is 8.38. The fourth-order valence-corrected chi connectivity index (χ4v) is 3.14. The third-order valence-corrected chi connectivity index (χ3v) is 4.98. The maximum atomic E-state index is 12.4. The molecule has 3 atom stereocenters. The molecule has 4 heteroatoms. The first-order valence-electron chi connectivity index (χ1n) is 10.4. The average molecular weight is 391 g/mol. The van der Waals surface area contributed by atoms with Gasteiger partial charge in [-0.25, -0.2) is 0 Å². The van der Waals surface area contributed by atoms with Crippen LogP contribution in [0, 0.1) is 17.8 Å². The van der Waals surface area contributed by atoms with Crippen molar-refractivity contribution in [2.75, 3.05) is 0 Å². The smallest absolute Gasteiger partial charge is 0.137 e. The Morgan fingerprint density at radius 3 is 1.96 bits per heavy atom. The number of rotatable bonds is 17. The van der Waals surface area contributed by atoms with E-state index >= 15 is 0 Å². The Balaban J connectivity index is 4.28. The Morgan fingerprint density at radius 2 is 1.39 bits per heavy atom. The summed E-state index contributed by atoms with van der Waals surface area (Å²) in [6, 6.07) is 0. The van der Waals surface area contributed by atoms with E-state index in [1.165, 1.54) is 0 Å². The van der Waals surface area contributed by atoms with Gasteiger partial charge in [-0.2, -0.15) is 0 Å². The molecular weight excluding hydrogens is 352 g/mol. The minimum atomic E-state index is -0.413. The Morgan fingerprint density at radius 1 is 0.857 bits per heavy atom. The van der Waals surface area contributed by atoms with Crippen molar-refractivity contribution in [3.05, 3.63) is 24.8 Å². The van der Waals surface area contributed by atoms with Crippen LogP contribution in [0.4, 0.5) is 0 Å². The van der Waals surface area contributed by atoms with Gasteiger partial charge in [0.1, 0.15) is 23.1 Å². The molecule has 0 aromatic carbocycles. The highest BCUT2D eigenvalue weighted by Crippen LogP contribution is 2.19. The van der Waals surface area contributed by atoms with E-state index in [9.17, 15) is 19.2 Å². The van der Waals surface area contributed by atoms with Gasteiger partial charge in [0.15, 0.2) is 0 Å². The molecule has 0 rings (SSSR count). The van der Waals surface area contributed by atoms with Crippen LogP contribution >= 0.6 is 0 Å². The molecule has 0 aromatic rings. The summed E-state index contributed by atoms with van der Waals surface area (Å²) < 4.78 is 0. The number of allylic oxidation sites excluding steroid dienone is 2. The van der Waals surface area contributed by atoms with Crippen molar-refractivity contribution in [3.63, 3.8) is 0 Å². The molecule has 0 heterocycles. The molecule has 28 heavy (non-hydrogen) atoms. The van der Waals surface area contributed by atoms with Gasteiger partial charge in [-0.15, -0.1) is 6.58 Å². The van der Waals surface area contributed by atoms with Gasteiger partial charge in [-0.1, -0.05) is 39.0 Å². The topological polar surface area (TPSA) is 68.3 Å². The van der Waals surface area contributed by atoms with Crippen LogP contribution in [0.5, 0.6) is 0 Å². The van der Waals surface area contributed by atoms with Crippen LogP contribution in [-0.4, -0.2) is 23.1 Å². The van der Waals surface area contributed by atoms with Gasteiger partial charge in [0.25, 0.3) is 0 Å². The van der Waals surface area contributed by atoms with Crippen LogP contribution in [0.3, 0.4) is 0 Å². The lowest BCUT2D eigenvalue weighted by Crippen LogP contribution is -2.22.